The monoisotopic (exact) mass is 234 g/mol. The second-order valence-corrected chi connectivity index (χ2v) is 4.59. The van der Waals surface area contributed by atoms with Crippen molar-refractivity contribution in [1.82, 2.24) is 5.32 Å². The van der Waals surface area contributed by atoms with E-state index in [1.165, 1.54) is 12.1 Å². The number of nitrogens with one attached hydrogen (secondary N) is 1. The summed E-state index contributed by atoms with van der Waals surface area (Å²) < 4.78 is 5.55. The Bertz CT molecular complexity index is 354. The van der Waals surface area contributed by atoms with Gasteiger partial charge < -0.3 is 15.0 Å². The zero-order valence-electron chi connectivity index (χ0n) is 10.8. The van der Waals surface area contributed by atoms with Crippen molar-refractivity contribution in [1.29, 1.82) is 0 Å². The van der Waals surface area contributed by atoms with Gasteiger partial charge in [-0.1, -0.05) is 6.07 Å². The second kappa shape index (κ2) is 5.92. The van der Waals surface area contributed by atoms with E-state index in [0.29, 0.717) is 6.04 Å². The normalized spacial score (nSPS) is 21.1. The van der Waals surface area contributed by atoms with Crippen molar-refractivity contribution in [3.05, 3.63) is 24.3 Å². The molecular formula is C14H22N2O. The predicted molar refractivity (Wildman–Crippen MR) is 71.9 cm³/mol. The van der Waals surface area contributed by atoms with Gasteiger partial charge >= 0.3 is 0 Å². The molecule has 1 aliphatic rings. The van der Waals surface area contributed by atoms with E-state index in [4.69, 9.17) is 4.74 Å². The summed E-state index contributed by atoms with van der Waals surface area (Å²) in [5.74, 6) is 0.967. The Morgan fingerprint density at radius 2 is 2.35 bits per heavy atom. The van der Waals surface area contributed by atoms with Gasteiger partial charge in [0.2, 0.25) is 0 Å². The fourth-order valence-electron chi connectivity index (χ4n) is 2.28. The molecule has 94 valence electrons. The summed E-state index contributed by atoms with van der Waals surface area (Å²) in [5, 5.41) is 3.51. The first-order valence-corrected chi connectivity index (χ1v) is 6.51. The third-order valence-electron chi connectivity index (χ3n) is 3.09. The van der Waals surface area contributed by atoms with Crippen molar-refractivity contribution in [2.24, 2.45) is 0 Å². The van der Waals surface area contributed by atoms with Crippen LogP contribution in [0.25, 0.3) is 0 Å². The minimum atomic E-state index is 0.549. The molecule has 0 aromatic heterocycles. The lowest BCUT2D eigenvalue weighted by Gasteiger charge is -2.25. The quantitative estimate of drug-likeness (QED) is 0.868. The Hall–Kier alpha value is -1.22. The molecule has 0 bridgehead atoms. The van der Waals surface area contributed by atoms with E-state index < -0.39 is 0 Å². The van der Waals surface area contributed by atoms with E-state index in [-0.39, 0.29) is 0 Å². The molecule has 0 spiro atoms. The lowest BCUT2D eigenvalue weighted by atomic mass is 10.2. The van der Waals surface area contributed by atoms with Crippen molar-refractivity contribution in [2.75, 3.05) is 31.1 Å². The molecule has 2 rings (SSSR count). The largest absolute Gasteiger partial charge is 0.494 e. The van der Waals surface area contributed by atoms with Crippen LogP contribution >= 0.6 is 0 Å². The van der Waals surface area contributed by atoms with Gasteiger partial charge in [0.25, 0.3) is 0 Å². The topological polar surface area (TPSA) is 24.5 Å². The van der Waals surface area contributed by atoms with E-state index in [1.807, 2.05) is 13.0 Å². The molecule has 1 fully saturated rings. The maximum absolute atomic E-state index is 5.55. The fourth-order valence-corrected chi connectivity index (χ4v) is 2.28. The molecule has 0 saturated carbocycles. The molecule has 3 heteroatoms. The number of hydrogen-bond donors (Lipinski definition) is 1. The maximum atomic E-state index is 5.55. The SMILES string of the molecule is CCOc1cccc(N2CCCNC(C)C2)c1. The molecule has 0 radical (unpaired) electrons. The summed E-state index contributed by atoms with van der Waals surface area (Å²) in [6.07, 6.45) is 1.20. The first-order chi connectivity index (χ1) is 8.29. The molecule has 1 aliphatic heterocycles. The summed E-state index contributed by atoms with van der Waals surface area (Å²) >= 11 is 0. The highest BCUT2D eigenvalue weighted by Crippen LogP contribution is 2.22. The van der Waals surface area contributed by atoms with Crippen LogP contribution in [0.2, 0.25) is 0 Å². The van der Waals surface area contributed by atoms with Crippen molar-refractivity contribution >= 4 is 5.69 Å². The molecule has 1 N–H and O–H groups in total. The van der Waals surface area contributed by atoms with E-state index in [2.05, 4.69) is 35.3 Å². The molecule has 1 heterocycles. The lowest BCUT2D eigenvalue weighted by molar-refractivity contribution is 0.340. The number of hydrogen-bond acceptors (Lipinski definition) is 3. The maximum Gasteiger partial charge on any atom is 0.121 e. The van der Waals surface area contributed by atoms with Crippen molar-refractivity contribution in [2.45, 2.75) is 26.3 Å². The number of ether oxygens (including phenoxy) is 1. The van der Waals surface area contributed by atoms with Crippen LogP contribution in [0.4, 0.5) is 5.69 Å². The molecule has 0 aliphatic carbocycles. The van der Waals surface area contributed by atoms with Gasteiger partial charge in [-0.25, -0.2) is 0 Å². The van der Waals surface area contributed by atoms with Crippen LogP contribution in [0.1, 0.15) is 20.3 Å². The second-order valence-electron chi connectivity index (χ2n) is 4.59. The number of benzene rings is 1. The molecule has 1 aromatic carbocycles. The molecule has 17 heavy (non-hydrogen) atoms. The number of anilines is 1. The van der Waals surface area contributed by atoms with E-state index in [9.17, 15) is 0 Å². The van der Waals surface area contributed by atoms with Gasteiger partial charge in [0.05, 0.1) is 6.61 Å². The molecule has 0 amide bonds. The van der Waals surface area contributed by atoms with Gasteiger partial charge in [-0.3, -0.25) is 0 Å². The van der Waals surface area contributed by atoms with Gasteiger partial charge in [0, 0.05) is 30.9 Å². The Morgan fingerprint density at radius 3 is 3.18 bits per heavy atom. The van der Waals surface area contributed by atoms with Gasteiger partial charge in [-0.05, 0) is 38.9 Å². The molecule has 1 aromatic rings. The lowest BCUT2D eigenvalue weighted by Crippen LogP contribution is -2.35. The van der Waals surface area contributed by atoms with E-state index >= 15 is 0 Å². The van der Waals surface area contributed by atoms with Crippen molar-refractivity contribution < 1.29 is 4.74 Å². The number of nitrogens with zero attached hydrogens (tertiary/aromatic N) is 1. The smallest absolute Gasteiger partial charge is 0.121 e. The van der Waals surface area contributed by atoms with Gasteiger partial charge in [-0.15, -0.1) is 0 Å². The van der Waals surface area contributed by atoms with Gasteiger partial charge in [0.1, 0.15) is 5.75 Å². The van der Waals surface area contributed by atoms with Crippen LogP contribution in [-0.4, -0.2) is 32.3 Å². The van der Waals surface area contributed by atoms with Crippen LogP contribution in [0, 0.1) is 0 Å². The Kier molecular flexibility index (Phi) is 4.26. The molecule has 1 atom stereocenters. The summed E-state index contributed by atoms with van der Waals surface area (Å²) in [6.45, 7) is 8.28. The molecule has 1 unspecified atom stereocenters. The van der Waals surface area contributed by atoms with E-state index in [1.54, 1.807) is 0 Å². The van der Waals surface area contributed by atoms with Crippen LogP contribution in [0.3, 0.4) is 0 Å². The third-order valence-corrected chi connectivity index (χ3v) is 3.09. The highest BCUT2D eigenvalue weighted by molar-refractivity contribution is 5.51. The summed E-state index contributed by atoms with van der Waals surface area (Å²) in [6, 6.07) is 8.95. The third kappa shape index (κ3) is 3.37. The molecule has 3 nitrogen and oxygen atoms in total. The summed E-state index contributed by atoms with van der Waals surface area (Å²) in [5.41, 5.74) is 1.27. The Morgan fingerprint density at radius 1 is 1.47 bits per heavy atom. The Balaban J connectivity index is 2.11. The van der Waals surface area contributed by atoms with E-state index in [0.717, 1.165) is 32.0 Å². The minimum absolute atomic E-state index is 0.549. The minimum Gasteiger partial charge on any atom is -0.494 e. The highest BCUT2D eigenvalue weighted by Gasteiger charge is 2.14. The summed E-state index contributed by atoms with van der Waals surface area (Å²) in [4.78, 5) is 2.44. The zero-order valence-corrected chi connectivity index (χ0v) is 10.8. The van der Waals surface area contributed by atoms with Crippen LogP contribution < -0.4 is 15.0 Å². The predicted octanol–water partition coefficient (Wildman–Crippen LogP) is 2.27. The van der Waals surface area contributed by atoms with Crippen molar-refractivity contribution in [3.8, 4) is 5.75 Å². The average Bonchev–Trinajstić information content (AvgIpc) is 2.55. The molecule has 1 saturated heterocycles. The first-order valence-electron chi connectivity index (χ1n) is 6.51. The first kappa shape index (κ1) is 12.2. The van der Waals surface area contributed by atoms with Crippen LogP contribution in [-0.2, 0) is 0 Å². The van der Waals surface area contributed by atoms with Crippen LogP contribution in [0.15, 0.2) is 24.3 Å². The van der Waals surface area contributed by atoms with Crippen LogP contribution in [0.5, 0.6) is 5.75 Å². The highest BCUT2D eigenvalue weighted by atomic mass is 16.5. The number of rotatable bonds is 3. The average molecular weight is 234 g/mol. The Labute approximate surface area is 104 Å². The standard InChI is InChI=1S/C14H22N2O/c1-3-17-14-7-4-6-13(10-14)16-9-5-8-15-12(2)11-16/h4,6-7,10,12,15H,3,5,8-9,11H2,1-2H3. The van der Waals surface area contributed by atoms with Crippen molar-refractivity contribution in [3.63, 3.8) is 0 Å². The fraction of sp³-hybridized carbons (Fsp3) is 0.571. The zero-order chi connectivity index (χ0) is 12.1. The van der Waals surface area contributed by atoms with Gasteiger partial charge in [-0.2, -0.15) is 0 Å². The van der Waals surface area contributed by atoms with Gasteiger partial charge in [0.15, 0.2) is 0 Å². The summed E-state index contributed by atoms with van der Waals surface area (Å²) in [7, 11) is 0. The molecular weight excluding hydrogens is 212 g/mol.